The second-order valence-corrected chi connectivity index (χ2v) is 4.56. The van der Waals surface area contributed by atoms with E-state index < -0.39 is 0 Å². The van der Waals surface area contributed by atoms with Gasteiger partial charge >= 0.3 is 0 Å². The Morgan fingerprint density at radius 3 is 2.67 bits per heavy atom. The zero-order valence-electron chi connectivity index (χ0n) is 8.75. The van der Waals surface area contributed by atoms with Gasteiger partial charge in [-0.1, -0.05) is 18.2 Å². The fourth-order valence-electron chi connectivity index (χ4n) is 2.51. The van der Waals surface area contributed by atoms with Gasteiger partial charge in [0.1, 0.15) is 5.54 Å². The van der Waals surface area contributed by atoms with E-state index in [1.165, 1.54) is 36.0 Å². The first-order chi connectivity index (χ1) is 7.34. The molecule has 0 aromatic heterocycles. The molecule has 0 radical (unpaired) electrons. The minimum atomic E-state index is -0.127. The summed E-state index contributed by atoms with van der Waals surface area (Å²) >= 11 is 0. The van der Waals surface area contributed by atoms with Crippen LogP contribution in [0.15, 0.2) is 18.2 Å². The average Bonchev–Trinajstić information content (AvgIpc) is 2.64. The van der Waals surface area contributed by atoms with E-state index in [4.69, 9.17) is 10.6 Å². The molecule has 1 saturated heterocycles. The Balaban J connectivity index is 1.98. The molecule has 0 bridgehead atoms. The van der Waals surface area contributed by atoms with Crippen molar-refractivity contribution in [2.75, 3.05) is 13.2 Å². The fraction of sp³-hybridized carbons (Fsp3) is 0.500. The number of ether oxygens (including phenoxy) is 1. The van der Waals surface area contributed by atoms with Gasteiger partial charge in [-0.25, -0.2) is 5.43 Å². The zero-order chi connectivity index (χ0) is 10.3. The van der Waals surface area contributed by atoms with Crippen molar-refractivity contribution in [3.8, 4) is 0 Å². The number of fused-ring (bicyclic) bond motifs is 1. The highest BCUT2D eigenvalue weighted by molar-refractivity contribution is 5.39. The number of hydrazine groups is 1. The predicted molar refractivity (Wildman–Crippen MR) is 58.3 cm³/mol. The molecule has 15 heavy (non-hydrogen) atoms. The van der Waals surface area contributed by atoms with Gasteiger partial charge in [-0.05, 0) is 36.0 Å². The van der Waals surface area contributed by atoms with Gasteiger partial charge in [-0.15, -0.1) is 0 Å². The molecule has 3 heteroatoms. The molecule has 0 spiro atoms. The van der Waals surface area contributed by atoms with Crippen LogP contribution in [0.2, 0.25) is 0 Å². The summed E-state index contributed by atoms with van der Waals surface area (Å²) in [5.41, 5.74) is 7.05. The summed E-state index contributed by atoms with van der Waals surface area (Å²) in [7, 11) is 0. The third-order valence-electron chi connectivity index (χ3n) is 3.62. The first-order valence-electron chi connectivity index (χ1n) is 5.52. The minimum absolute atomic E-state index is 0.127. The van der Waals surface area contributed by atoms with Crippen LogP contribution in [-0.4, -0.2) is 13.2 Å². The van der Waals surface area contributed by atoms with Crippen LogP contribution in [0.25, 0.3) is 0 Å². The molecule has 2 aliphatic rings. The molecule has 0 unspecified atom stereocenters. The molecule has 0 amide bonds. The van der Waals surface area contributed by atoms with Gasteiger partial charge in [-0.3, -0.25) is 5.84 Å². The molecule has 1 heterocycles. The van der Waals surface area contributed by atoms with Gasteiger partial charge in [0.05, 0.1) is 13.2 Å². The van der Waals surface area contributed by atoms with Gasteiger partial charge in [0, 0.05) is 0 Å². The lowest BCUT2D eigenvalue weighted by Crippen LogP contribution is -2.60. The Hall–Kier alpha value is -0.900. The van der Waals surface area contributed by atoms with E-state index in [0.29, 0.717) is 13.2 Å². The van der Waals surface area contributed by atoms with Crippen molar-refractivity contribution in [2.24, 2.45) is 5.84 Å². The van der Waals surface area contributed by atoms with Crippen molar-refractivity contribution in [3.05, 3.63) is 34.9 Å². The molecule has 0 saturated carbocycles. The third kappa shape index (κ3) is 1.31. The molecule has 1 aliphatic carbocycles. The number of aryl methyl sites for hydroxylation is 2. The number of hydrogen-bond acceptors (Lipinski definition) is 3. The van der Waals surface area contributed by atoms with E-state index in [2.05, 4.69) is 23.6 Å². The largest absolute Gasteiger partial charge is 0.377 e. The van der Waals surface area contributed by atoms with Crippen molar-refractivity contribution in [1.29, 1.82) is 0 Å². The third-order valence-corrected chi connectivity index (χ3v) is 3.62. The van der Waals surface area contributed by atoms with Crippen LogP contribution in [0.5, 0.6) is 0 Å². The van der Waals surface area contributed by atoms with Crippen molar-refractivity contribution in [2.45, 2.75) is 24.8 Å². The van der Waals surface area contributed by atoms with E-state index in [0.717, 1.165) is 0 Å². The fourth-order valence-corrected chi connectivity index (χ4v) is 2.51. The molecule has 3 nitrogen and oxygen atoms in total. The summed E-state index contributed by atoms with van der Waals surface area (Å²) in [6.45, 7) is 1.37. The molecule has 1 fully saturated rings. The highest BCUT2D eigenvalue weighted by atomic mass is 16.5. The summed E-state index contributed by atoms with van der Waals surface area (Å²) in [6.07, 6.45) is 3.73. The van der Waals surface area contributed by atoms with E-state index >= 15 is 0 Å². The van der Waals surface area contributed by atoms with Gasteiger partial charge in [-0.2, -0.15) is 0 Å². The number of benzene rings is 1. The van der Waals surface area contributed by atoms with Crippen molar-refractivity contribution in [1.82, 2.24) is 5.43 Å². The molecular weight excluding hydrogens is 188 g/mol. The van der Waals surface area contributed by atoms with Crippen LogP contribution in [0.4, 0.5) is 0 Å². The number of nitrogens with two attached hydrogens (primary N) is 1. The van der Waals surface area contributed by atoms with Crippen LogP contribution in [0.3, 0.4) is 0 Å². The smallest absolute Gasteiger partial charge is 0.103 e. The highest BCUT2D eigenvalue weighted by Crippen LogP contribution is 2.32. The van der Waals surface area contributed by atoms with Crippen molar-refractivity contribution >= 4 is 0 Å². The Bertz CT molecular complexity index is 380. The Labute approximate surface area is 89.6 Å². The van der Waals surface area contributed by atoms with E-state index in [9.17, 15) is 0 Å². The standard InChI is InChI=1S/C12H16N2O/c13-14-12(7-15-8-12)11-5-4-9-2-1-3-10(9)6-11/h4-6,14H,1-3,7-8,13H2. The highest BCUT2D eigenvalue weighted by Gasteiger charge is 2.39. The van der Waals surface area contributed by atoms with Crippen molar-refractivity contribution < 1.29 is 4.74 Å². The quantitative estimate of drug-likeness (QED) is 0.555. The number of hydrogen-bond donors (Lipinski definition) is 2. The summed E-state index contributed by atoms with van der Waals surface area (Å²) in [6, 6.07) is 6.73. The summed E-state index contributed by atoms with van der Waals surface area (Å²) in [4.78, 5) is 0. The zero-order valence-corrected chi connectivity index (χ0v) is 8.75. The summed E-state index contributed by atoms with van der Waals surface area (Å²) in [5.74, 6) is 5.62. The van der Waals surface area contributed by atoms with Crippen molar-refractivity contribution in [3.63, 3.8) is 0 Å². The van der Waals surface area contributed by atoms with Gasteiger partial charge in [0.15, 0.2) is 0 Å². The normalized spacial score (nSPS) is 22.2. The molecule has 1 aliphatic heterocycles. The Morgan fingerprint density at radius 1 is 1.20 bits per heavy atom. The van der Waals surface area contributed by atoms with Crippen LogP contribution in [0, 0.1) is 0 Å². The molecule has 0 atom stereocenters. The molecule has 1 aromatic carbocycles. The summed E-state index contributed by atoms with van der Waals surface area (Å²) in [5, 5.41) is 0. The lowest BCUT2D eigenvalue weighted by molar-refractivity contribution is -0.0787. The van der Waals surface area contributed by atoms with Gasteiger partial charge in [0.25, 0.3) is 0 Å². The first kappa shape index (κ1) is 9.33. The lowest BCUT2D eigenvalue weighted by atomic mass is 9.87. The van der Waals surface area contributed by atoms with Crippen LogP contribution in [-0.2, 0) is 23.1 Å². The predicted octanol–water partition coefficient (Wildman–Crippen LogP) is 0.864. The van der Waals surface area contributed by atoms with Crippen LogP contribution >= 0.6 is 0 Å². The maximum Gasteiger partial charge on any atom is 0.103 e. The number of nitrogens with one attached hydrogen (secondary N) is 1. The molecule has 3 rings (SSSR count). The second kappa shape index (κ2) is 3.30. The molecule has 3 N–H and O–H groups in total. The maximum absolute atomic E-state index is 5.62. The number of rotatable bonds is 2. The van der Waals surface area contributed by atoms with Crippen LogP contribution < -0.4 is 11.3 Å². The maximum atomic E-state index is 5.62. The van der Waals surface area contributed by atoms with Gasteiger partial charge < -0.3 is 4.74 Å². The van der Waals surface area contributed by atoms with E-state index in [-0.39, 0.29) is 5.54 Å². The second-order valence-electron chi connectivity index (χ2n) is 4.56. The monoisotopic (exact) mass is 204 g/mol. The summed E-state index contributed by atoms with van der Waals surface area (Å²) < 4.78 is 5.26. The minimum Gasteiger partial charge on any atom is -0.377 e. The van der Waals surface area contributed by atoms with E-state index in [1.807, 2.05) is 0 Å². The van der Waals surface area contributed by atoms with Gasteiger partial charge in [0.2, 0.25) is 0 Å². The first-order valence-corrected chi connectivity index (χ1v) is 5.52. The molecule has 1 aromatic rings. The Kier molecular flexibility index (Phi) is 2.06. The van der Waals surface area contributed by atoms with E-state index in [1.54, 1.807) is 0 Å². The van der Waals surface area contributed by atoms with Crippen LogP contribution in [0.1, 0.15) is 23.1 Å². The SMILES string of the molecule is NNC1(c2ccc3c(c2)CCC3)COC1. The lowest BCUT2D eigenvalue weighted by Gasteiger charge is -2.41. The molecule has 80 valence electrons. The average molecular weight is 204 g/mol. The molecular formula is C12H16N2O. The topological polar surface area (TPSA) is 47.3 Å². The Morgan fingerprint density at radius 2 is 2.00 bits per heavy atom.